The van der Waals surface area contributed by atoms with E-state index in [0.29, 0.717) is 23.2 Å². The van der Waals surface area contributed by atoms with Crippen molar-refractivity contribution in [3.05, 3.63) is 30.2 Å². The van der Waals surface area contributed by atoms with Crippen molar-refractivity contribution in [3.63, 3.8) is 0 Å². The van der Waals surface area contributed by atoms with Gasteiger partial charge >= 0.3 is 12.1 Å². The lowest BCUT2D eigenvalue weighted by Gasteiger charge is -2.24. The van der Waals surface area contributed by atoms with Gasteiger partial charge in [0, 0.05) is 17.3 Å². The Morgan fingerprint density at radius 2 is 1.89 bits per heavy atom. The molecule has 1 saturated heterocycles. The average Bonchev–Trinajstić information content (AvgIpc) is 3.29. The average molecular weight is 417 g/mol. The van der Waals surface area contributed by atoms with E-state index in [-0.39, 0.29) is 30.2 Å². The van der Waals surface area contributed by atoms with Crippen molar-refractivity contribution in [2.45, 2.75) is 50.4 Å². The van der Waals surface area contributed by atoms with E-state index in [0.717, 1.165) is 12.8 Å². The van der Waals surface area contributed by atoms with E-state index in [2.05, 4.69) is 25.3 Å². The molecule has 2 N–H and O–H groups in total. The first-order chi connectivity index (χ1) is 12.9. The van der Waals surface area contributed by atoms with Crippen molar-refractivity contribution >= 4 is 24.0 Å². The van der Waals surface area contributed by atoms with E-state index in [9.17, 15) is 18.0 Å². The predicted molar refractivity (Wildman–Crippen MR) is 97.9 cm³/mol. The van der Waals surface area contributed by atoms with Crippen LogP contribution in [-0.4, -0.2) is 28.1 Å². The van der Waals surface area contributed by atoms with Gasteiger partial charge < -0.3 is 15.2 Å². The van der Waals surface area contributed by atoms with E-state index in [1.54, 1.807) is 24.3 Å². The van der Waals surface area contributed by atoms with Crippen LogP contribution in [-0.2, 0) is 11.0 Å². The van der Waals surface area contributed by atoms with Gasteiger partial charge in [0.25, 0.3) is 0 Å². The summed E-state index contributed by atoms with van der Waals surface area (Å²) < 4.78 is 41.8. The number of fused-ring (bicyclic) bond motifs is 1. The molecule has 1 aliphatic carbocycles. The molecule has 3 atom stereocenters. The lowest BCUT2D eigenvalue weighted by molar-refractivity contribution is -0.159. The molecule has 1 aromatic heterocycles. The Morgan fingerprint density at radius 1 is 1.18 bits per heavy atom. The quantitative estimate of drug-likeness (QED) is 0.789. The molecule has 0 radical (unpaired) electrons. The summed E-state index contributed by atoms with van der Waals surface area (Å²) in [5, 5.41) is 9.62. The monoisotopic (exact) mass is 416 g/mol. The van der Waals surface area contributed by atoms with Crippen LogP contribution in [0.2, 0.25) is 0 Å². The van der Waals surface area contributed by atoms with E-state index < -0.39 is 12.1 Å². The number of rotatable bonds is 3. The predicted octanol–water partition coefficient (Wildman–Crippen LogP) is 4.04. The first kappa shape index (κ1) is 20.6. The van der Waals surface area contributed by atoms with Gasteiger partial charge in [0.1, 0.15) is 0 Å². The Hall–Kier alpha value is -2.13. The fourth-order valence-electron chi connectivity index (χ4n) is 3.91. The topological polar surface area (TPSA) is 80.1 Å². The lowest BCUT2D eigenvalue weighted by Crippen LogP contribution is -2.39. The van der Waals surface area contributed by atoms with Crippen LogP contribution in [0.5, 0.6) is 0 Å². The first-order valence-corrected chi connectivity index (χ1v) is 8.98. The second-order valence-electron chi connectivity index (χ2n) is 7.09. The van der Waals surface area contributed by atoms with Gasteiger partial charge in [0.05, 0.1) is 6.04 Å². The molecule has 0 spiro atoms. The SMILES string of the molecule is Cl.O=C(Nc1ccc(-c2noc(C(F)(F)F)n2)cc1)C1CC2CCCCC2N1. The number of nitrogens with one attached hydrogen (secondary N) is 2. The van der Waals surface area contributed by atoms with Gasteiger partial charge in [-0.15, -0.1) is 12.4 Å². The van der Waals surface area contributed by atoms with Gasteiger partial charge in [-0.3, -0.25) is 4.79 Å². The smallest absolute Gasteiger partial charge is 0.329 e. The molecule has 4 rings (SSSR count). The van der Waals surface area contributed by atoms with Crippen molar-refractivity contribution in [1.82, 2.24) is 15.5 Å². The number of anilines is 1. The summed E-state index contributed by atoms with van der Waals surface area (Å²) in [5.41, 5.74) is 0.942. The third kappa shape index (κ3) is 4.30. The summed E-state index contributed by atoms with van der Waals surface area (Å²) in [6.07, 6.45) is 0.887. The van der Waals surface area contributed by atoms with Crippen LogP contribution in [0, 0.1) is 5.92 Å². The van der Waals surface area contributed by atoms with Crippen molar-refractivity contribution in [2.75, 3.05) is 5.32 Å². The number of benzene rings is 1. The molecule has 2 fully saturated rings. The number of aromatic nitrogens is 2. The maximum atomic E-state index is 12.5. The third-order valence-corrected chi connectivity index (χ3v) is 5.26. The second kappa shape index (κ2) is 8.08. The number of alkyl halides is 3. The molecule has 2 aromatic rings. The molecule has 152 valence electrons. The molecule has 1 amide bonds. The zero-order chi connectivity index (χ0) is 19.0. The Bertz CT molecular complexity index is 811. The minimum Gasteiger partial charge on any atom is -0.329 e. The minimum absolute atomic E-state index is 0. The number of halogens is 4. The van der Waals surface area contributed by atoms with E-state index in [1.165, 1.54) is 19.3 Å². The Kier molecular flexibility index (Phi) is 5.95. The van der Waals surface area contributed by atoms with Crippen LogP contribution in [0.25, 0.3) is 11.4 Å². The summed E-state index contributed by atoms with van der Waals surface area (Å²) >= 11 is 0. The number of carbonyl (C=O) groups excluding carboxylic acids is 1. The zero-order valence-corrected chi connectivity index (χ0v) is 15.6. The van der Waals surface area contributed by atoms with Gasteiger partial charge in [-0.25, -0.2) is 0 Å². The number of carbonyl (C=O) groups is 1. The van der Waals surface area contributed by atoms with Crippen molar-refractivity contribution < 1.29 is 22.5 Å². The van der Waals surface area contributed by atoms with Crippen LogP contribution < -0.4 is 10.6 Å². The third-order valence-electron chi connectivity index (χ3n) is 5.26. The zero-order valence-electron chi connectivity index (χ0n) is 14.8. The van der Waals surface area contributed by atoms with Crippen LogP contribution in [0.4, 0.5) is 18.9 Å². The van der Waals surface area contributed by atoms with Crippen molar-refractivity contribution in [1.29, 1.82) is 0 Å². The van der Waals surface area contributed by atoms with E-state index in [1.807, 2.05) is 0 Å². The number of hydrogen-bond acceptors (Lipinski definition) is 5. The number of amides is 1. The highest BCUT2D eigenvalue weighted by molar-refractivity contribution is 5.95. The molecule has 28 heavy (non-hydrogen) atoms. The molecule has 0 bridgehead atoms. The Morgan fingerprint density at radius 3 is 2.54 bits per heavy atom. The van der Waals surface area contributed by atoms with Crippen LogP contribution in [0.15, 0.2) is 28.8 Å². The maximum absolute atomic E-state index is 12.5. The normalized spacial score (nSPS) is 24.3. The van der Waals surface area contributed by atoms with Gasteiger partial charge in [-0.2, -0.15) is 18.2 Å². The second-order valence-corrected chi connectivity index (χ2v) is 7.09. The molecule has 1 aliphatic heterocycles. The molecule has 2 aliphatic rings. The largest absolute Gasteiger partial charge is 0.471 e. The molecule has 1 saturated carbocycles. The highest BCUT2D eigenvalue weighted by Crippen LogP contribution is 2.33. The summed E-state index contributed by atoms with van der Waals surface area (Å²) in [5.74, 6) is -1.06. The van der Waals surface area contributed by atoms with Crippen molar-refractivity contribution in [3.8, 4) is 11.4 Å². The molecular weight excluding hydrogens is 397 g/mol. The van der Waals surface area contributed by atoms with E-state index in [4.69, 9.17) is 0 Å². The molecule has 3 unspecified atom stereocenters. The van der Waals surface area contributed by atoms with E-state index >= 15 is 0 Å². The molecular formula is C18H20ClF3N4O2. The number of hydrogen-bond donors (Lipinski definition) is 2. The highest BCUT2D eigenvalue weighted by Gasteiger charge is 2.39. The highest BCUT2D eigenvalue weighted by atomic mass is 35.5. The van der Waals surface area contributed by atoms with Gasteiger partial charge in [-0.05, 0) is 49.4 Å². The summed E-state index contributed by atoms with van der Waals surface area (Å²) in [7, 11) is 0. The van der Waals surface area contributed by atoms with Gasteiger partial charge in [-0.1, -0.05) is 18.0 Å². The molecule has 6 nitrogen and oxygen atoms in total. The van der Waals surface area contributed by atoms with Crippen LogP contribution >= 0.6 is 12.4 Å². The van der Waals surface area contributed by atoms with Crippen LogP contribution in [0.1, 0.15) is 38.0 Å². The minimum atomic E-state index is -4.68. The van der Waals surface area contributed by atoms with Crippen LogP contribution in [0.3, 0.4) is 0 Å². The van der Waals surface area contributed by atoms with Crippen molar-refractivity contribution in [2.24, 2.45) is 5.92 Å². The fraction of sp³-hybridized carbons (Fsp3) is 0.500. The standard InChI is InChI=1S/C18H19F3N4O2.ClH/c19-18(20,21)17-24-15(25-27-17)10-5-7-12(8-6-10)22-16(26)14-9-11-3-1-2-4-13(11)23-14;/h5-8,11,13-14,23H,1-4,9H2,(H,22,26);1H. The summed E-state index contributed by atoms with van der Waals surface area (Å²) in [6.45, 7) is 0. The Balaban J connectivity index is 0.00000225. The fourth-order valence-corrected chi connectivity index (χ4v) is 3.91. The lowest BCUT2D eigenvalue weighted by atomic mass is 9.85. The molecule has 1 aromatic carbocycles. The van der Waals surface area contributed by atoms with Gasteiger partial charge in [0.15, 0.2) is 0 Å². The Labute approximate surface area is 165 Å². The molecule has 10 heteroatoms. The molecule has 2 heterocycles. The summed E-state index contributed by atoms with van der Waals surface area (Å²) in [6, 6.07) is 6.53. The number of nitrogens with zero attached hydrogens (tertiary/aromatic N) is 2. The summed E-state index contributed by atoms with van der Waals surface area (Å²) in [4.78, 5) is 15.8. The maximum Gasteiger partial charge on any atom is 0.471 e. The van der Waals surface area contributed by atoms with Gasteiger partial charge in [0.2, 0.25) is 11.7 Å². The first-order valence-electron chi connectivity index (χ1n) is 8.98.